The second-order valence-electron chi connectivity index (χ2n) is 5.77. The predicted molar refractivity (Wildman–Crippen MR) is 71.1 cm³/mol. The van der Waals surface area contributed by atoms with E-state index in [0.717, 1.165) is 5.69 Å². The van der Waals surface area contributed by atoms with Crippen molar-refractivity contribution in [3.63, 3.8) is 0 Å². The lowest BCUT2D eigenvalue weighted by Gasteiger charge is -2.29. The van der Waals surface area contributed by atoms with E-state index in [1.54, 1.807) is 9.58 Å². The van der Waals surface area contributed by atoms with Crippen LogP contribution in [0.15, 0.2) is 4.79 Å². The molecule has 0 spiro atoms. The van der Waals surface area contributed by atoms with Crippen LogP contribution in [0, 0.1) is 0 Å². The van der Waals surface area contributed by atoms with Gasteiger partial charge in [-0.3, -0.25) is 14.6 Å². The van der Waals surface area contributed by atoms with Crippen molar-refractivity contribution in [1.82, 2.24) is 14.7 Å². The molecule has 1 aliphatic heterocycles. The summed E-state index contributed by atoms with van der Waals surface area (Å²) in [5, 5.41) is 3.08. The smallest absolute Gasteiger partial charge is 0.410 e. The molecule has 0 saturated carbocycles. The van der Waals surface area contributed by atoms with Gasteiger partial charge in [0.05, 0.1) is 12.1 Å². The van der Waals surface area contributed by atoms with Crippen molar-refractivity contribution in [2.45, 2.75) is 52.8 Å². The van der Waals surface area contributed by atoms with Gasteiger partial charge >= 0.3 is 6.09 Å². The molecule has 1 amide bonds. The van der Waals surface area contributed by atoms with Crippen LogP contribution in [0.1, 0.15) is 39.0 Å². The molecular weight excluding hydrogens is 246 g/mol. The van der Waals surface area contributed by atoms with Crippen LogP contribution < -0.4 is 5.56 Å². The lowest BCUT2D eigenvalue weighted by atomic mass is 10.1. The minimum Gasteiger partial charge on any atom is -0.444 e. The Morgan fingerprint density at radius 2 is 2.11 bits per heavy atom. The van der Waals surface area contributed by atoms with Crippen LogP contribution in [0.2, 0.25) is 0 Å². The molecule has 6 nitrogen and oxygen atoms in total. The van der Waals surface area contributed by atoms with Crippen molar-refractivity contribution in [2.75, 3.05) is 6.54 Å². The highest BCUT2D eigenvalue weighted by Gasteiger charge is 2.28. The van der Waals surface area contributed by atoms with Crippen LogP contribution in [-0.2, 0) is 24.2 Å². The van der Waals surface area contributed by atoms with Crippen molar-refractivity contribution in [2.24, 2.45) is 0 Å². The van der Waals surface area contributed by atoms with E-state index in [0.29, 0.717) is 31.6 Å². The van der Waals surface area contributed by atoms with Crippen LogP contribution >= 0.6 is 0 Å². The third-order valence-electron chi connectivity index (χ3n) is 3.09. The van der Waals surface area contributed by atoms with Gasteiger partial charge in [-0.1, -0.05) is 0 Å². The summed E-state index contributed by atoms with van der Waals surface area (Å²) < 4.78 is 6.91. The first-order valence-corrected chi connectivity index (χ1v) is 6.60. The number of carbonyl (C=O) groups is 1. The van der Waals surface area contributed by atoms with E-state index in [1.807, 2.05) is 27.7 Å². The van der Waals surface area contributed by atoms with E-state index >= 15 is 0 Å². The summed E-state index contributed by atoms with van der Waals surface area (Å²) in [6, 6.07) is 0. The SMILES string of the molecule is CCn1[nH]c2c(c1=O)CN(C(=O)OC(C)(C)C)CC2. The highest BCUT2D eigenvalue weighted by atomic mass is 16.6. The van der Waals surface area contributed by atoms with Crippen molar-refractivity contribution in [3.8, 4) is 0 Å². The van der Waals surface area contributed by atoms with Crippen LogP contribution in [0.25, 0.3) is 0 Å². The molecule has 0 aromatic carbocycles. The molecule has 0 fully saturated rings. The standard InChI is InChI=1S/C13H21N3O3/c1-5-16-11(17)9-8-15(7-6-10(9)14-16)12(18)19-13(2,3)4/h14H,5-8H2,1-4H3. The van der Waals surface area contributed by atoms with Gasteiger partial charge in [0.25, 0.3) is 5.56 Å². The molecule has 106 valence electrons. The molecule has 1 N–H and O–H groups in total. The minimum absolute atomic E-state index is 0.0363. The number of hydrogen-bond acceptors (Lipinski definition) is 3. The summed E-state index contributed by atoms with van der Waals surface area (Å²) >= 11 is 0. The normalized spacial score (nSPS) is 15.3. The number of carbonyl (C=O) groups excluding carboxylic acids is 1. The number of nitrogens with one attached hydrogen (secondary N) is 1. The molecule has 0 aliphatic carbocycles. The average molecular weight is 267 g/mol. The summed E-state index contributed by atoms with van der Waals surface area (Å²) in [4.78, 5) is 25.6. The van der Waals surface area contributed by atoms with Crippen LogP contribution in [0.5, 0.6) is 0 Å². The summed E-state index contributed by atoms with van der Waals surface area (Å²) in [5.41, 5.74) is 1.07. The van der Waals surface area contributed by atoms with Gasteiger partial charge in [-0.15, -0.1) is 0 Å². The summed E-state index contributed by atoms with van der Waals surface area (Å²) in [5.74, 6) is 0. The van der Waals surface area contributed by atoms with E-state index in [4.69, 9.17) is 4.74 Å². The van der Waals surface area contributed by atoms with E-state index in [9.17, 15) is 9.59 Å². The minimum atomic E-state index is -0.515. The van der Waals surface area contributed by atoms with E-state index in [2.05, 4.69) is 5.10 Å². The molecule has 1 aliphatic rings. The van der Waals surface area contributed by atoms with Gasteiger partial charge in [-0.05, 0) is 27.7 Å². The Kier molecular flexibility index (Phi) is 3.43. The Hall–Kier alpha value is -1.72. The van der Waals surface area contributed by atoms with Gasteiger partial charge in [0.15, 0.2) is 0 Å². The van der Waals surface area contributed by atoms with Gasteiger partial charge in [-0.25, -0.2) is 4.79 Å². The van der Waals surface area contributed by atoms with Crippen molar-refractivity contribution >= 4 is 6.09 Å². The number of aromatic nitrogens is 2. The number of aryl methyl sites for hydroxylation is 1. The Morgan fingerprint density at radius 1 is 1.42 bits per heavy atom. The molecule has 2 heterocycles. The fourth-order valence-electron chi connectivity index (χ4n) is 2.16. The third kappa shape index (κ3) is 2.83. The number of rotatable bonds is 1. The van der Waals surface area contributed by atoms with Crippen molar-refractivity contribution in [3.05, 3.63) is 21.6 Å². The fraction of sp³-hybridized carbons (Fsp3) is 0.692. The molecule has 2 rings (SSSR count). The van der Waals surface area contributed by atoms with Crippen LogP contribution in [-0.4, -0.2) is 32.9 Å². The zero-order chi connectivity index (χ0) is 14.2. The van der Waals surface area contributed by atoms with E-state index in [1.165, 1.54) is 0 Å². The number of amides is 1. The van der Waals surface area contributed by atoms with Gasteiger partial charge < -0.3 is 9.64 Å². The number of aromatic amines is 1. The second-order valence-corrected chi connectivity index (χ2v) is 5.77. The lowest BCUT2D eigenvalue weighted by molar-refractivity contribution is 0.0223. The molecule has 0 bridgehead atoms. The first kappa shape index (κ1) is 13.7. The first-order valence-electron chi connectivity index (χ1n) is 6.60. The number of nitrogens with zero attached hydrogens (tertiary/aromatic N) is 2. The maximum absolute atomic E-state index is 12.1. The summed E-state index contributed by atoms with van der Waals surface area (Å²) in [6.07, 6.45) is 0.304. The van der Waals surface area contributed by atoms with Crippen molar-refractivity contribution < 1.29 is 9.53 Å². The van der Waals surface area contributed by atoms with Crippen LogP contribution in [0.4, 0.5) is 4.79 Å². The molecule has 0 radical (unpaired) electrons. The summed E-state index contributed by atoms with van der Waals surface area (Å²) in [6.45, 7) is 8.92. The second kappa shape index (κ2) is 4.75. The summed E-state index contributed by atoms with van der Waals surface area (Å²) in [7, 11) is 0. The van der Waals surface area contributed by atoms with Gasteiger partial charge in [0, 0.05) is 25.2 Å². The molecule has 1 aromatic heterocycles. The zero-order valence-electron chi connectivity index (χ0n) is 11.9. The van der Waals surface area contributed by atoms with Crippen LogP contribution in [0.3, 0.4) is 0 Å². The molecule has 1 aromatic rings. The first-order chi connectivity index (χ1) is 8.81. The zero-order valence-corrected chi connectivity index (χ0v) is 11.9. The van der Waals surface area contributed by atoms with Crippen molar-refractivity contribution in [1.29, 1.82) is 0 Å². The number of fused-ring (bicyclic) bond motifs is 1. The Morgan fingerprint density at radius 3 is 2.68 bits per heavy atom. The topological polar surface area (TPSA) is 67.3 Å². The monoisotopic (exact) mass is 267 g/mol. The number of H-pyrrole nitrogens is 1. The quantitative estimate of drug-likeness (QED) is 0.838. The Balaban J connectivity index is 2.16. The fourth-order valence-corrected chi connectivity index (χ4v) is 2.16. The maximum atomic E-state index is 12.1. The molecule has 6 heteroatoms. The predicted octanol–water partition coefficient (Wildman–Crippen LogP) is 1.49. The lowest BCUT2D eigenvalue weighted by Crippen LogP contribution is -2.41. The molecule has 19 heavy (non-hydrogen) atoms. The molecule has 0 saturated heterocycles. The van der Waals surface area contributed by atoms with E-state index < -0.39 is 5.60 Å². The Bertz CT molecular complexity index is 536. The van der Waals surface area contributed by atoms with Gasteiger partial charge in [0.1, 0.15) is 5.60 Å². The van der Waals surface area contributed by atoms with E-state index in [-0.39, 0.29) is 11.7 Å². The molecular formula is C13H21N3O3. The highest BCUT2D eigenvalue weighted by molar-refractivity contribution is 5.68. The molecule has 0 unspecified atom stereocenters. The van der Waals surface area contributed by atoms with Gasteiger partial charge in [0.2, 0.25) is 0 Å². The Labute approximate surface area is 112 Å². The third-order valence-corrected chi connectivity index (χ3v) is 3.09. The maximum Gasteiger partial charge on any atom is 0.410 e. The average Bonchev–Trinajstić information content (AvgIpc) is 2.63. The highest BCUT2D eigenvalue weighted by Crippen LogP contribution is 2.17. The number of hydrogen-bond donors (Lipinski definition) is 1. The van der Waals surface area contributed by atoms with Gasteiger partial charge in [-0.2, -0.15) is 0 Å². The largest absolute Gasteiger partial charge is 0.444 e. The molecule has 0 atom stereocenters. The number of ether oxygens (including phenoxy) is 1.